The maximum absolute atomic E-state index is 13.2. The van der Waals surface area contributed by atoms with Crippen LogP contribution >= 0.6 is 11.3 Å². The lowest BCUT2D eigenvalue weighted by Gasteiger charge is -2.14. The summed E-state index contributed by atoms with van der Waals surface area (Å²) in [7, 11) is 0. The standard InChI is InChI=1S/C22H24N4OS/c1-14(2)15-6-5-7-16(12-15)24-13-19-25-21-20(22(27)26(19)11-10-23)17-8-3-4-9-18(17)28-21/h5-7,12,14,24H,3-4,8-9,11,13H2,1-2H3. The number of nitrogens with zero attached hydrogens (tertiary/aromatic N) is 3. The second kappa shape index (κ2) is 7.76. The summed E-state index contributed by atoms with van der Waals surface area (Å²) in [6.45, 7) is 4.77. The summed E-state index contributed by atoms with van der Waals surface area (Å²) in [6, 6.07) is 10.4. The van der Waals surface area contributed by atoms with E-state index in [2.05, 4.69) is 37.4 Å². The molecule has 4 rings (SSSR count). The molecule has 0 saturated carbocycles. The number of fused-ring (bicyclic) bond motifs is 3. The number of anilines is 1. The van der Waals surface area contributed by atoms with E-state index < -0.39 is 0 Å². The summed E-state index contributed by atoms with van der Waals surface area (Å²) < 4.78 is 1.53. The Morgan fingerprint density at radius 3 is 2.93 bits per heavy atom. The van der Waals surface area contributed by atoms with Crippen LogP contribution in [0, 0.1) is 11.3 Å². The maximum Gasteiger partial charge on any atom is 0.263 e. The fourth-order valence-electron chi connectivity index (χ4n) is 3.84. The third kappa shape index (κ3) is 3.43. The highest BCUT2D eigenvalue weighted by Gasteiger charge is 2.22. The average molecular weight is 393 g/mol. The number of aryl methyl sites for hydroxylation is 2. The van der Waals surface area contributed by atoms with E-state index in [1.54, 1.807) is 11.3 Å². The molecule has 0 aliphatic heterocycles. The highest BCUT2D eigenvalue weighted by Crippen LogP contribution is 2.33. The topological polar surface area (TPSA) is 70.7 Å². The Kier molecular flexibility index (Phi) is 5.19. The second-order valence-electron chi connectivity index (χ2n) is 7.60. The van der Waals surface area contributed by atoms with Crippen LogP contribution in [0.15, 0.2) is 29.1 Å². The fraction of sp³-hybridized carbons (Fsp3) is 0.409. The van der Waals surface area contributed by atoms with E-state index in [4.69, 9.17) is 4.98 Å². The quantitative estimate of drug-likeness (QED) is 0.689. The first-order valence-electron chi connectivity index (χ1n) is 9.83. The molecule has 0 atom stereocenters. The van der Waals surface area contributed by atoms with E-state index in [1.807, 2.05) is 12.1 Å². The number of benzene rings is 1. The van der Waals surface area contributed by atoms with Gasteiger partial charge < -0.3 is 5.32 Å². The number of thiophene rings is 1. The SMILES string of the molecule is CC(C)c1cccc(NCc2nc3sc4c(c3c(=O)n2CC#N)CCCC4)c1. The Morgan fingerprint density at radius 2 is 2.14 bits per heavy atom. The van der Waals surface area contributed by atoms with Crippen molar-refractivity contribution >= 4 is 27.2 Å². The molecule has 0 spiro atoms. The summed E-state index contributed by atoms with van der Waals surface area (Å²) in [6.07, 6.45) is 4.26. The fourth-order valence-corrected chi connectivity index (χ4v) is 5.11. The zero-order valence-electron chi connectivity index (χ0n) is 16.3. The van der Waals surface area contributed by atoms with Gasteiger partial charge in [-0.3, -0.25) is 9.36 Å². The van der Waals surface area contributed by atoms with Crippen molar-refractivity contribution in [3.05, 3.63) is 56.4 Å². The van der Waals surface area contributed by atoms with E-state index in [-0.39, 0.29) is 12.1 Å². The largest absolute Gasteiger partial charge is 0.378 e. The molecule has 2 heterocycles. The molecular formula is C22H24N4OS. The molecule has 0 unspecified atom stereocenters. The van der Waals surface area contributed by atoms with Crippen LogP contribution in [0.3, 0.4) is 0 Å². The Labute approximate surface area is 168 Å². The number of hydrogen-bond acceptors (Lipinski definition) is 5. The lowest BCUT2D eigenvalue weighted by atomic mass is 9.97. The summed E-state index contributed by atoms with van der Waals surface area (Å²) in [4.78, 5) is 20.1. The third-order valence-electron chi connectivity index (χ3n) is 5.39. The molecule has 3 aromatic rings. The van der Waals surface area contributed by atoms with E-state index in [0.29, 0.717) is 18.3 Å². The molecule has 1 aliphatic carbocycles. The predicted molar refractivity (Wildman–Crippen MR) is 114 cm³/mol. The average Bonchev–Trinajstić information content (AvgIpc) is 3.07. The number of hydrogen-bond donors (Lipinski definition) is 1. The van der Waals surface area contributed by atoms with Gasteiger partial charge in [0.1, 0.15) is 17.2 Å². The van der Waals surface area contributed by atoms with Crippen molar-refractivity contribution in [2.24, 2.45) is 0 Å². The van der Waals surface area contributed by atoms with Gasteiger partial charge in [-0.05, 0) is 54.9 Å². The van der Waals surface area contributed by atoms with Crippen LogP contribution in [0.1, 0.15) is 54.4 Å². The van der Waals surface area contributed by atoms with Crippen molar-refractivity contribution in [1.29, 1.82) is 5.26 Å². The smallest absolute Gasteiger partial charge is 0.263 e. The van der Waals surface area contributed by atoms with Crippen molar-refractivity contribution in [3.63, 3.8) is 0 Å². The van der Waals surface area contributed by atoms with Crippen molar-refractivity contribution < 1.29 is 0 Å². The summed E-state index contributed by atoms with van der Waals surface area (Å²) in [5.74, 6) is 1.07. The number of nitrogens with one attached hydrogen (secondary N) is 1. The Balaban J connectivity index is 1.72. The zero-order chi connectivity index (χ0) is 19.7. The van der Waals surface area contributed by atoms with Crippen molar-refractivity contribution in [2.45, 2.75) is 58.5 Å². The molecule has 2 aromatic heterocycles. The first-order valence-corrected chi connectivity index (χ1v) is 10.6. The molecular weight excluding hydrogens is 368 g/mol. The van der Waals surface area contributed by atoms with Crippen LogP contribution in [-0.2, 0) is 25.9 Å². The van der Waals surface area contributed by atoms with Gasteiger partial charge in [0.2, 0.25) is 0 Å². The van der Waals surface area contributed by atoms with Gasteiger partial charge in [0.05, 0.1) is 18.0 Å². The Morgan fingerprint density at radius 1 is 1.32 bits per heavy atom. The maximum atomic E-state index is 13.2. The zero-order valence-corrected chi connectivity index (χ0v) is 17.1. The van der Waals surface area contributed by atoms with Gasteiger partial charge in [0.25, 0.3) is 5.56 Å². The highest BCUT2D eigenvalue weighted by molar-refractivity contribution is 7.18. The molecule has 1 N–H and O–H groups in total. The molecule has 1 aliphatic rings. The summed E-state index contributed by atoms with van der Waals surface area (Å²) >= 11 is 1.65. The van der Waals surface area contributed by atoms with Gasteiger partial charge in [0, 0.05) is 10.6 Å². The second-order valence-corrected chi connectivity index (χ2v) is 8.69. The van der Waals surface area contributed by atoms with Gasteiger partial charge in [-0.1, -0.05) is 26.0 Å². The summed E-state index contributed by atoms with van der Waals surface area (Å²) in [5.41, 5.74) is 3.35. The molecule has 1 aromatic carbocycles. The Hall–Kier alpha value is -2.65. The first kappa shape index (κ1) is 18.7. The van der Waals surface area contributed by atoms with Crippen LogP contribution < -0.4 is 10.9 Å². The normalized spacial score (nSPS) is 13.5. The molecule has 28 heavy (non-hydrogen) atoms. The van der Waals surface area contributed by atoms with E-state index >= 15 is 0 Å². The molecule has 144 valence electrons. The van der Waals surface area contributed by atoms with Gasteiger partial charge in [-0.2, -0.15) is 5.26 Å². The molecule has 0 bridgehead atoms. The minimum absolute atomic E-state index is 0.0233. The first-order chi connectivity index (χ1) is 13.6. The predicted octanol–water partition coefficient (Wildman–Crippen LogP) is 4.60. The minimum atomic E-state index is -0.0707. The van der Waals surface area contributed by atoms with Gasteiger partial charge in [-0.25, -0.2) is 4.98 Å². The van der Waals surface area contributed by atoms with E-state index in [9.17, 15) is 10.1 Å². The molecule has 5 nitrogen and oxygen atoms in total. The van der Waals surface area contributed by atoms with Crippen LogP contribution in [0.25, 0.3) is 10.2 Å². The van der Waals surface area contributed by atoms with Gasteiger partial charge >= 0.3 is 0 Å². The van der Waals surface area contributed by atoms with Gasteiger partial charge in [0.15, 0.2) is 0 Å². The highest BCUT2D eigenvalue weighted by atomic mass is 32.1. The molecule has 0 fully saturated rings. The number of rotatable bonds is 5. The number of nitriles is 1. The van der Waals surface area contributed by atoms with Crippen molar-refractivity contribution in [2.75, 3.05) is 5.32 Å². The van der Waals surface area contributed by atoms with Crippen LogP contribution in [-0.4, -0.2) is 9.55 Å². The monoisotopic (exact) mass is 392 g/mol. The van der Waals surface area contributed by atoms with E-state index in [1.165, 1.54) is 27.0 Å². The van der Waals surface area contributed by atoms with Crippen LogP contribution in [0.5, 0.6) is 0 Å². The molecule has 0 radical (unpaired) electrons. The number of aromatic nitrogens is 2. The van der Waals surface area contributed by atoms with Crippen LogP contribution in [0.2, 0.25) is 0 Å². The molecule has 0 saturated heterocycles. The third-order valence-corrected chi connectivity index (χ3v) is 6.57. The molecule has 0 amide bonds. The lowest BCUT2D eigenvalue weighted by molar-refractivity contribution is 0.692. The minimum Gasteiger partial charge on any atom is -0.378 e. The lowest BCUT2D eigenvalue weighted by Crippen LogP contribution is -2.26. The van der Waals surface area contributed by atoms with Gasteiger partial charge in [-0.15, -0.1) is 11.3 Å². The molecule has 6 heteroatoms. The van der Waals surface area contributed by atoms with Crippen molar-refractivity contribution in [3.8, 4) is 6.07 Å². The van der Waals surface area contributed by atoms with Crippen molar-refractivity contribution in [1.82, 2.24) is 9.55 Å². The van der Waals surface area contributed by atoms with E-state index in [0.717, 1.165) is 35.2 Å². The Bertz CT molecular complexity index is 1120. The summed E-state index contributed by atoms with van der Waals surface area (Å²) in [5, 5.41) is 13.4. The van der Waals surface area contributed by atoms with Crippen LogP contribution in [0.4, 0.5) is 5.69 Å².